The number of ether oxygens (including phenoxy) is 2. The van der Waals surface area contributed by atoms with E-state index in [1.165, 1.54) is 31.2 Å². The van der Waals surface area contributed by atoms with E-state index >= 15 is 0 Å². The number of methoxy groups -OCH3 is 1. The number of aryl methyl sites for hydroxylation is 1. The lowest BCUT2D eigenvalue weighted by molar-refractivity contribution is 0.310. The predicted octanol–water partition coefficient (Wildman–Crippen LogP) is 3.52. The molecule has 1 fully saturated rings. The number of aliphatic imine (C=N–C) groups is 1. The zero-order valence-electron chi connectivity index (χ0n) is 15.9. The molecule has 0 radical (unpaired) electrons. The molecule has 1 aliphatic carbocycles. The molecule has 2 N–H and O–H groups in total. The van der Waals surface area contributed by atoms with Crippen molar-refractivity contribution in [1.82, 2.24) is 10.6 Å². The SMILES string of the molecule is CCNC(=NCCCc1ccc(OC)c(OCC)c1)NC1CCCC1. The molecule has 0 spiro atoms. The topological polar surface area (TPSA) is 54.9 Å². The monoisotopic (exact) mass is 347 g/mol. The third kappa shape index (κ3) is 6.48. The van der Waals surface area contributed by atoms with E-state index in [9.17, 15) is 0 Å². The molecule has 0 amide bonds. The zero-order valence-corrected chi connectivity index (χ0v) is 15.9. The first-order valence-corrected chi connectivity index (χ1v) is 9.61. The number of hydrogen-bond acceptors (Lipinski definition) is 3. The highest BCUT2D eigenvalue weighted by molar-refractivity contribution is 5.80. The minimum atomic E-state index is 0.591. The number of rotatable bonds is 9. The van der Waals surface area contributed by atoms with Crippen LogP contribution in [-0.4, -0.2) is 38.8 Å². The Morgan fingerprint density at radius 1 is 1.20 bits per heavy atom. The van der Waals surface area contributed by atoms with Crippen LogP contribution in [0.1, 0.15) is 51.5 Å². The van der Waals surface area contributed by atoms with Crippen LogP contribution in [0.4, 0.5) is 0 Å². The van der Waals surface area contributed by atoms with Crippen LogP contribution in [0.3, 0.4) is 0 Å². The molecule has 0 saturated heterocycles. The van der Waals surface area contributed by atoms with E-state index in [0.29, 0.717) is 12.6 Å². The molecule has 1 saturated carbocycles. The summed E-state index contributed by atoms with van der Waals surface area (Å²) in [5, 5.41) is 6.91. The maximum Gasteiger partial charge on any atom is 0.191 e. The summed E-state index contributed by atoms with van der Waals surface area (Å²) in [6.07, 6.45) is 7.18. The number of guanidine groups is 1. The van der Waals surface area contributed by atoms with Crippen molar-refractivity contribution in [3.63, 3.8) is 0 Å². The second kappa shape index (κ2) is 10.9. The van der Waals surface area contributed by atoms with Crippen molar-refractivity contribution >= 4 is 5.96 Å². The maximum absolute atomic E-state index is 5.65. The van der Waals surface area contributed by atoms with Crippen molar-refractivity contribution in [3.8, 4) is 11.5 Å². The third-order valence-corrected chi connectivity index (χ3v) is 4.46. The Labute approximate surface area is 152 Å². The van der Waals surface area contributed by atoms with E-state index in [4.69, 9.17) is 14.5 Å². The average molecular weight is 348 g/mol. The molecule has 5 heteroatoms. The van der Waals surface area contributed by atoms with Crippen LogP contribution in [0.5, 0.6) is 11.5 Å². The number of benzene rings is 1. The summed E-state index contributed by atoms with van der Waals surface area (Å²) in [5.74, 6) is 2.57. The van der Waals surface area contributed by atoms with Gasteiger partial charge in [0.2, 0.25) is 0 Å². The molecule has 0 aliphatic heterocycles. The van der Waals surface area contributed by atoms with Crippen LogP contribution in [-0.2, 0) is 6.42 Å². The van der Waals surface area contributed by atoms with Crippen molar-refractivity contribution < 1.29 is 9.47 Å². The normalized spacial score (nSPS) is 15.2. The van der Waals surface area contributed by atoms with Gasteiger partial charge in [0.05, 0.1) is 13.7 Å². The zero-order chi connectivity index (χ0) is 17.9. The van der Waals surface area contributed by atoms with Crippen LogP contribution in [0.25, 0.3) is 0 Å². The van der Waals surface area contributed by atoms with Crippen LogP contribution in [0, 0.1) is 0 Å². The standard InChI is InChI=1S/C20H33N3O2/c1-4-21-20(23-17-10-6-7-11-17)22-14-8-9-16-12-13-18(24-3)19(15-16)25-5-2/h12-13,15,17H,4-11,14H2,1-3H3,(H2,21,22,23). The second-order valence-corrected chi connectivity index (χ2v) is 6.41. The summed E-state index contributed by atoms with van der Waals surface area (Å²) in [6, 6.07) is 6.75. The van der Waals surface area contributed by atoms with Gasteiger partial charge in [0.15, 0.2) is 17.5 Å². The van der Waals surface area contributed by atoms with E-state index in [2.05, 4.69) is 29.7 Å². The highest BCUT2D eigenvalue weighted by atomic mass is 16.5. The fourth-order valence-electron chi connectivity index (χ4n) is 3.20. The van der Waals surface area contributed by atoms with Crippen molar-refractivity contribution in [3.05, 3.63) is 23.8 Å². The van der Waals surface area contributed by atoms with Gasteiger partial charge >= 0.3 is 0 Å². The van der Waals surface area contributed by atoms with Gasteiger partial charge in [-0.2, -0.15) is 0 Å². The van der Waals surface area contributed by atoms with E-state index in [1.807, 2.05) is 13.0 Å². The van der Waals surface area contributed by atoms with Crippen LogP contribution < -0.4 is 20.1 Å². The molecule has 0 heterocycles. The van der Waals surface area contributed by atoms with Gasteiger partial charge in [-0.05, 0) is 57.2 Å². The fraction of sp³-hybridized carbons (Fsp3) is 0.650. The lowest BCUT2D eigenvalue weighted by atomic mass is 10.1. The van der Waals surface area contributed by atoms with Gasteiger partial charge in [-0.25, -0.2) is 0 Å². The van der Waals surface area contributed by atoms with E-state index in [1.54, 1.807) is 7.11 Å². The van der Waals surface area contributed by atoms with Gasteiger partial charge in [0.25, 0.3) is 0 Å². The first-order valence-electron chi connectivity index (χ1n) is 9.61. The van der Waals surface area contributed by atoms with Gasteiger partial charge in [-0.1, -0.05) is 18.9 Å². The molecular weight excluding hydrogens is 314 g/mol. The quantitative estimate of drug-likeness (QED) is 0.408. The molecule has 0 aromatic heterocycles. The summed E-state index contributed by atoms with van der Waals surface area (Å²) in [5.41, 5.74) is 1.26. The lowest BCUT2D eigenvalue weighted by Gasteiger charge is -2.16. The van der Waals surface area contributed by atoms with Crippen molar-refractivity contribution in [2.24, 2.45) is 4.99 Å². The Morgan fingerprint density at radius 3 is 2.68 bits per heavy atom. The number of nitrogens with zero attached hydrogens (tertiary/aromatic N) is 1. The second-order valence-electron chi connectivity index (χ2n) is 6.41. The van der Waals surface area contributed by atoms with Crippen molar-refractivity contribution in [2.75, 3.05) is 26.8 Å². The summed E-state index contributed by atoms with van der Waals surface area (Å²) >= 11 is 0. The largest absolute Gasteiger partial charge is 0.493 e. The molecule has 140 valence electrons. The third-order valence-electron chi connectivity index (χ3n) is 4.46. The Balaban J connectivity index is 1.84. The molecule has 0 unspecified atom stereocenters. The van der Waals surface area contributed by atoms with E-state index in [-0.39, 0.29) is 0 Å². The molecule has 1 aromatic carbocycles. The Morgan fingerprint density at radius 2 is 2.00 bits per heavy atom. The first-order chi connectivity index (χ1) is 12.3. The first kappa shape index (κ1) is 19.4. The molecule has 2 rings (SSSR count). The smallest absolute Gasteiger partial charge is 0.191 e. The van der Waals surface area contributed by atoms with Gasteiger partial charge in [0.1, 0.15) is 0 Å². The Hall–Kier alpha value is -1.91. The molecule has 0 bridgehead atoms. The summed E-state index contributed by atoms with van der Waals surface area (Å²) in [6.45, 7) is 6.45. The molecule has 1 aromatic rings. The van der Waals surface area contributed by atoms with Gasteiger partial charge in [0, 0.05) is 19.1 Å². The van der Waals surface area contributed by atoms with Gasteiger partial charge < -0.3 is 20.1 Å². The molecule has 0 atom stereocenters. The minimum absolute atomic E-state index is 0.591. The van der Waals surface area contributed by atoms with Gasteiger partial charge in [-0.3, -0.25) is 4.99 Å². The number of hydrogen-bond donors (Lipinski definition) is 2. The summed E-state index contributed by atoms with van der Waals surface area (Å²) in [7, 11) is 1.67. The Kier molecular flexibility index (Phi) is 8.43. The van der Waals surface area contributed by atoms with Crippen molar-refractivity contribution in [1.29, 1.82) is 0 Å². The lowest BCUT2D eigenvalue weighted by Crippen LogP contribution is -2.42. The minimum Gasteiger partial charge on any atom is -0.493 e. The van der Waals surface area contributed by atoms with Crippen molar-refractivity contribution in [2.45, 2.75) is 58.4 Å². The summed E-state index contributed by atoms with van der Waals surface area (Å²) in [4.78, 5) is 4.72. The van der Waals surface area contributed by atoms with E-state index in [0.717, 1.165) is 43.4 Å². The van der Waals surface area contributed by atoms with Crippen LogP contribution in [0.2, 0.25) is 0 Å². The highest BCUT2D eigenvalue weighted by Crippen LogP contribution is 2.28. The molecular formula is C20H33N3O2. The predicted molar refractivity (Wildman–Crippen MR) is 104 cm³/mol. The molecule has 5 nitrogen and oxygen atoms in total. The summed E-state index contributed by atoms with van der Waals surface area (Å²) < 4.78 is 11.0. The number of nitrogens with one attached hydrogen (secondary N) is 2. The average Bonchev–Trinajstić information content (AvgIpc) is 3.12. The molecule has 25 heavy (non-hydrogen) atoms. The molecule has 1 aliphatic rings. The fourth-order valence-corrected chi connectivity index (χ4v) is 3.20. The Bertz CT molecular complexity index is 540. The van der Waals surface area contributed by atoms with Crippen LogP contribution >= 0.6 is 0 Å². The highest BCUT2D eigenvalue weighted by Gasteiger charge is 2.15. The van der Waals surface area contributed by atoms with Crippen LogP contribution in [0.15, 0.2) is 23.2 Å². The maximum atomic E-state index is 5.65. The van der Waals surface area contributed by atoms with E-state index < -0.39 is 0 Å². The van der Waals surface area contributed by atoms with Gasteiger partial charge in [-0.15, -0.1) is 0 Å².